The molecule has 14 aromatic rings. The highest BCUT2D eigenvalue weighted by molar-refractivity contribution is 7.38. The van der Waals surface area contributed by atoms with E-state index in [2.05, 4.69) is 288 Å². The zero-order valence-electron chi connectivity index (χ0n) is 42.1. The van der Waals surface area contributed by atoms with Crippen molar-refractivity contribution in [2.45, 2.75) is 0 Å². The highest BCUT2D eigenvalue weighted by atomic mass is 32.1. The van der Waals surface area contributed by atoms with Crippen molar-refractivity contribution in [3.05, 3.63) is 279 Å². The molecule has 15 rings (SSSR count). The number of benzene rings is 10. The van der Waals surface area contributed by atoms with Gasteiger partial charge in [0.15, 0.2) is 0 Å². The number of aromatic nitrogens is 4. The minimum Gasteiger partial charge on any atom is -0.346 e. The minimum absolute atomic E-state index is 0.661. The van der Waals surface area contributed by atoms with Crippen molar-refractivity contribution in [2.75, 3.05) is 8.46 Å². The van der Waals surface area contributed by atoms with E-state index in [1.807, 2.05) is 22.7 Å². The zero-order chi connectivity index (χ0) is 51.6. The number of fused-ring (bicyclic) bond motifs is 6. The summed E-state index contributed by atoms with van der Waals surface area (Å²) in [6.45, 7) is 0. The van der Waals surface area contributed by atoms with E-state index < -0.39 is 16.8 Å². The van der Waals surface area contributed by atoms with Gasteiger partial charge in [0.05, 0.1) is 22.8 Å². The van der Waals surface area contributed by atoms with Gasteiger partial charge in [-0.3, -0.25) is 0 Å². The van der Waals surface area contributed by atoms with Crippen LogP contribution in [0.5, 0.6) is 0 Å². The van der Waals surface area contributed by atoms with E-state index in [4.69, 9.17) is 19.9 Å². The molecule has 0 atom stereocenters. The van der Waals surface area contributed by atoms with Gasteiger partial charge < -0.3 is 8.46 Å². The maximum Gasteiger partial charge on any atom is 0.323 e. The quantitative estimate of drug-likeness (QED) is 0.127. The fourth-order valence-electron chi connectivity index (χ4n) is 12.0. The van der Waals surface area contributed by atoms with E-state index in [1.165, 1.54) is 40.3 Å². The second-order valence-corrected chi connectivity index (χ2v) is 29.4. The van der Waals surface area contributed by atoms with Crippen LogP contribution in [0.2, 0.25) is 0 Å². The van der Waals surface area contributed by atoms with E-state index in [9.17, 15) is 0 Å². The van der Waals surface area contributed by atoms with Crippen LogP contribution in [0.3, 0.4) is 0 Å². The first-order valence-corrected chi connectivity index (χ1v) is 31.6. The molecule has 0 N–H and O–H groups in total. The standard InChI is InChI=1S/C68H46N6S2Si2/c1-7-25-47(26-8-1)59-45-61(57-41-23-39-55-53-37-19-21-43-63(53)75-65(55)57)71-67(69-59)73-77(49-29-11-3-12-30-49,50-31-13-4-14-32-50)74(78(73,51-33-15-5-16-34-51)52-35-17-6-18-36-52)68-70-60(48-27-9-2-10-28-48)46-62(72-68)58-42-24-40-56-54-38-20-22-44-64(54)76-66(56)58/h1-46H. The number of thiophene rings is 2. The van der Waals surface area contributed by atoms with E-state index in [0.29, 0.717) is 11.9 Å². The van der Waals surface area contributed by atoms with Gasteiger partial charge in [-0.25, -0.2) is 19.9 Å². The molecule has 10 heteroatoms. The molecule has 10 aromatic carbocycles. The van der Waals surface area contributed by atoms with Crippen molar-refractivity contribution in [2.24, 2.45) is 0 Å². The van der Waals surface area contributed by atoms with Crippen LogP contribution in [0.25, 0.3) is 85.4 Å². The number of hydrogen-bond donors (Lipinski definition) is 0. The summed E-state index contributed by atoms with van der Waals surface area (Å²) in [5.74, 6) is 1.32. The summed E-state index contributed by atoms with van der Waals surface area (Å²) in [6, 6.07) is 101. The number of hydrogen-bond acceptors (Lipinski definition) is 8. The molecular formula is C68H46N6S2Si2. The maximum absolute atomic E-state index is 6.00. The summed E-state index contributed by atoms with van der Waals surface area (Å²) in [6.07, 6.45) is 0. The van der Waals surface area contributed by atoms with Crippen LogP contribution in [0.4, 0.5) is 11.9 Å². The van der Waals surface area contributed by atoms with Gasteiger partial charge in [0.2, 0.25) is 11.9 Å². The molecule has 0 saturated carbocycles. The topological polar surface area (TPSA) is 58.0 Å². The summed E-state index contributed by atoms with van der Waals surface area (Å²) >= 11 is 3.65. The summed E-state index contributed by atoms with van der Waals surface area (Å²) in [7, 11) is -7.42. The highest BCUT2D eigenvalue weighted by Crippen LogP contribution is 2.48. The van der Waals surface area contributed by atoms with E-state index in [1.54, 1.807) is 0 Å². The van der Waals surface area contributed by atoms with Gasteiger partial charge in [-0.15, -0.1) is 22.7 Å². The smallest absolute Gasteiger partial charge is 0.323 e. The summed E-state index contributed by atoms with van der Waals surface area (Å²) in [5.41, 5.74) is 7.60. The molecule has 0 unspecified atom stereocenters. The maximum atomic E-state index is 6.00. The van der Waals surface area contributed by atoms with Crippen LogP contribution in [0, 0.1) is 0 Å². The molecule has 1 saturated heterocycles. The number of anilines is 2. The Kier molecular flexibility index (Phi) is 11.1. The van der Waals surface area contributed by atoms with Crippen molar-refractivity contribution in [3.63, 3.8) is 0 Å². The Bertz CT molecular complexity index is 4140. The van der Waals surface area contributed by atoms with Gasteiger partial charge in [-0.1, -0.05) is 255 Å². The number of nitrogens with zero attached hydrogens (tertiary/aromatic N) is 6. The first-order chi connectivity index (χ1) is 38.7. The Hall–Kier alpha value is -9.17. The molecule has 78 heavy (non-hydrogen) atoms. The molecule has 0 aliphatic carbocycles. The molecule has 1 fully saturated rings. The van der Waals surface area contributed by atoms with Crippen molar-refractivity contribution in [1.82, 2.24) is 19.9 Å². The molecule has 1 aliphatic rings. The van der Waals surface area contributed by atoms with Crippen LogP contribution >= 0.6 is 22.7 Å². The Morgan fingerprint density at radius 1 is 0.269 bits per heavy atom. The van der Waals surface area contributed by atoms with Gasteiger partial charge in [-0.05, 0) is 45.0 Å². The normalized spacial score (nSPS) is 13.8. The summed E-state index contributed by atoms with van der Waals surface area (Å²) < 4.78 is 10.4. The Labute approximate surface area is 461 Å². The molecule has 0 radical (unpaired) electrons. The van der Waals surface area contributed by atoms with Crippen molar-refractivity contribution >= 4 is 112 Å². The second-order valence-electron chi connectivity index (χ2n) is 19.6. The van der Waals surface area contributed by atoms with Gasteiger partial charge in [-0.2, -0.15) is 0 Å². The first kappa shape index (κ1) is 46.2. The van der Waals surface area contributed by atoms with Gasteiger partial charge in [0.1, 0.15) is 0 Å². The lowest BCUT2D eigenvalue weighted by molar-refractivity contribution is 1.04. The third-order valence-electron chi connectivity index (χ3n) is 15.3. The predicted octanol–water partition coefficient (Wildman–Crippen LogP) is 14.5. The first-order valence-electron chi connectivity index (χ1n) is 26.2. The van der Waals surface area contributed by atoms with Crippen molar-refractivity contribution in [3.8, 4) is 45.0 Å². The zero-order valence-corrected chi connectivity index (χ0v) is 45.7. The lowest BCUT2D eigenvalue weighted by atomic mass is 10.0. The third kappa shape index (κ3) is 7.18. The SMILES string of the molecule is c1ccc(-c2cc(-c3cccc4c3sc3ccccc34)nc(N3[Si](c4ccccc4)(c4ccccc4)N(c4nc(-c5ccccc5)cc(-c5cccc6c5sc5ccccc56)n4)[Si]3(c3ccccc3)c3ccccc3)n2)cc1. The van der Waals surface area contributed by atoms with Crippen LogP contribution in [-0.4, -0.2) is 36.7 Å². The average Bonchev–Trinajstić information content (AvgIpc) is 1.25. The fourth-order valence-corrected chi connectivity index (χ4v) is 29.2. The molecule has 5 heterocycles. The molecule has 368 valence electrons. The van der Waals surface area contributed by atoms with E-state index in [0.717, 1.165) is 65.8 Å². The van der Waals surface area contributed by atoms with Crippen LogP contribution in [0.1, 0.15) is 0 Å². The molecule has 0 bridgehead atoms. The predicted molar refractivity (Wildman–Crippen MR) is 332 cm³/mol. The largest absolute Gasteiger partial charge is 0.346 e. The van der Waals surface area contributed by atoms with Crippen LogP contribution in [0.15, 0.2) is 279 Å². The molecule has 1 aliphatic heterocycles. The molecule has 6 nitrogen and oxygen atoms in total. The Morgan fingerprint density at radius 3 is 0.923 bits per heavy atom. The van der Waals surface area contributed by atoms with E-state index in [-0.39, 0.29) is 0 Å². The monoisotopic (exact) mass is 1070 g/mol. The van der Waals surface area contributed by atoms with Gasteiger partial charge in [0.25, 0.3) is 0 Å². The summed E-state index contributed by atoms with van der Waals surface area (Å²) in [5, 5.41) is 9.58. The van der Waals surface area contributed by atoms with Crippen molar-refractivity contribution < 1.29 is 0 Å². The van der Waals surface area contributed by atoms with Crippen LogP contribution < -0.4 is 29.2 Å². The van der Waals surface area contributed by atoms with Gasteiger partial charge in [0, 0.05) is 62.6 Å². The lowest BCUT2D eigenvalue weighted by Gasteiger charge is -2.70. The number of rotatable bonds is 10. The third-order valence-corrected chi connectivity index (χ3v) is 29.6. The highest BCUT2D eigenvalue weighted by Gasteiger charge is 2.77. The fraction of sp³-hybridized carbons (Fsp3) is 0. The average molecular weight is 1070 g/mol. The van der Waals surface area contributed by atoms with Gasteiger partial charge >= 0.3 is 16.8 Å². The Balaban J connectivity index is 1.10. The summed E-state index contributed by atoms with van der Waals surface area (Å²) in [4.78, 5) is 23.8. The lowest BCUT2D eigenvalue weighted by Crippen LogP contribution is -3.08. The molecule has 0 spiro atoms. The molecular weight excluding hydrogens is 1020 g/mol. The molecule has 0 amide bonds. The molecule has 4 aromatic heterocycles. The second kappa shape index (κ2) is 18.8. The van der Waals surface area contributed by atoms with E-state index >= 15 is 0 Å². The van der Waals surface area contributed by atoms with Crippen molar-refractivity contribution in [1.29, 1.82) is 0 Å². The minimum atomic E-state index is -3.71. The van der Waals surface area contributed by atoms with Crippen LogP contribution in [-0.2, 0) is 0 Å². The Morgan fingerprint density at radius 2 is 0.564 bits per heavy atom.